The lowest BCUT2D eigenvalue weighted by molar-refractivity contribution is -0.141. The van der Waals surface area contributed by atoms with E-state index in [2.05, 4.69) is 5.32 Å². The van der Waals surface area contributed by atoms with Gasteiger partial charge in [0, 0.05) is 25.9 Å². The third-order valence-electron chi connectivity index (χ3n) is 5.77. The largest absolute Gasteiger partial charge is 0.494 e. The van der Waals surface area contributed by atoms with E-state index in [0.717, 1.165) is 22.4 Å². The summed E-state index contributed by atoms with van der Waals surface area (Å²) in [7, 11) is 0. The van der Waals surface area contributed by atoms with Crippen molar-refractivity contribution >= 4 is 11.8 Å². The number of nitrogens with one attached hydrogen (secondary N) is 1. The molecule has 0 bridgehead atoms. The fourth-order valence-electron chi connectivity index (χ4n) is 3.89. The van der Waals surface area contributed by atoms with Crippen LogP contribution < -0.4 is 10.1 Å². The highest BCUT2D eigenvalue weighted by molar-refractivity contribution is 5.88. The van der Waals surface area contributed by atoms with Crippen LogP contribution in [0.5, 0.6) is 5.75 Å². The lowest BCUT2D eigenvalue weighted by atomic mass is 10.0. The minimum absolute atomic E-state index is 0.0490. The predicted molar refractivity (Wildman–Crippen MR) is 136 cm³/mol. The van der Waals surface area contributed by atoms with Gasteiger partial charge < -0.3 is 15.0 Å². The first-order valence-electron chi connectivity index (χ1n) is 11.9. The van der Waals surface area contributed by atoms with Crippen LogP contribution in [-0.4, -0.2) is 35.9 Å². The maximum atomic E-state index is 13.5. The van der Waals surface area contributed by atoms with E-state index in [9.17, 15) is 9.59 Å². The Morgan fingerprint density at radius 3 is 2.24 bits per heavy atom. The molecule has 2 amide bonds. The molecule has 5 nitrogen and oxygen atoms in total. The van der Waals surface area contributed by atoms with Gasteiger partial charge in [-0.3, -0.25) is 9.59 Å². The number of para-hydroxylation sites is 1. The number of carbonyl (C=O) groups excluding carboxylic acids is 2. The van der Waals surface area contributed by atoms with Crippen LogP contribution in [0.1, 0.15) is 36.5 Å². The SMILES string of the molecule is CCNC(=O)C(Cc1ccccc1)N(Cc1ccccc1C)C(=O)CCCOc1ccccc1. The Morgan fingerprint density at radius 2 is 1.56 bits per heavy atom. The second kappa shape index (κ2) is 13.2. The van der Waals surface area contributed by atoms with E-state index in [1.165, 1.54) is 0 Å². The minimum Gasteiger partial charge on any atom is -0.494 e. The summed E-state index contributed by atoms with van der Waals surface area (Å²) in [5.74, 6) is 0.608. The number of aryl methyl sites for hydroxylation is 1. The van der Waals surface area contributed by atoms with Gasteiger partial charge in [0.15, 0.2) is 0 Å². The monoisotopic (exact) mass is 458 g/mol. The molecule has 3 aromatic rings. The topological polar surface area (TPSA) is 58.6 Å². The van der Waals surface area contributed by atoms with E-state index in [4.69, 9.17) is 4.74 Å². The normalized spacial score (nSPS) is 11.5. The van der Waals surface area contributed by atoms with Gasteiger partial charge in [-0.2, -0.15) is 0 Å². The van der Waals surface area contributed by atoms with Crippen molar-refractivity contribution in [1.82, 2.24) is 10.2 Å². The highest BCUT2D eigenvalue weighted by Gasteiger charge is 2.30. The first-order valence-corrected chi connectivity index (χ1v) is 11.9. The standard InChI is InChI=1S/C29H34N2O3/c1-3-30-29(33)27(21-24-14-6-4-7-15-24)31(22-25-16-11-10-13-23(25)2)28(32)19-12-20-34-26-17-8-5-9-18-26/h4-11,13-18,27H,3,12,19-22H2,1-2H3,(H,30,33). The summed E-state index contributed by atoms with van der Waals surface area (Å²) >= 11 is 0. The third kappa shape index (κ3) is 7.48. The number of carbonyl (C=O) groups is 2. The highest BCUT2D eigenvalue weighted by Crippen LogP contribution is 2.18. The molecule has 1 unspecified atom stereocenters. The van der Waals surface area contributed by atoms with Crippen LogP contribution in [0, 0.1) is 6.92 Å². The molecule has 0 fully saturated rings. The fourth-order valence-corrected chi connectivity index (χ4v) is 3.89. The molecule has 0 aliphatic carbocycles. The molecule has 0 radical (unpaired) electrons. The first kappa shape index (κ1) is 25.0. The number of hydrogen-bond donors (Lipinski definition) is 1. The van der Waals surface area contributed by atoms with Crippen molar-refractivity contribution in [3.63, 3.8) is 0 Å². The summed E-state index contributed by atoms with van der Waals surface area (Å²) < 4.78 is 5.77. The van der Waals surface area contributed by atoms with Gasteiger partial charge in [0.05, 0.1) is 6.61 Å². The van der Waals surface area contributed by atoms with Gasteiger partial charge >= 0.3 is 0 Å². The third-order valence-corrected chi connectivity index (χ3v) is 5.77. The number of rotatable bonds is 12. The van der Waals surface area contributed by atoms with Gasteiger partial charge in [-0.05, 0) is 49.1 Å². The van der Waals surface area contributed by atoms with Crippen LogP contribution in [-0.2, 0) is 22.6 Å². The van der Waals surface area contributed by atoms with Gasteiger partial charge in [0.25, 0.3) is 0 Å². The number of nitrogens with zero attached hydrogens (tertiary/aromatic N) is 1. The van der Waals surface area contributed by atoms with Gasteiger partial charge in [-0.25, -0.2) is 0 Å². The Balaban J connectivity index is 1.78. The summed E-state index contributed by atoms with van der Waals surface area (Å²) in [6.45, 7) is 5.27. The molecule has 0 heterocycles. The molecule has 0 aliphatic rings. The Hall–Kier alpha value is -3.60. The van der Waals surface area contributed by atoms with Gasteiger partial charge in [-0.1, -0.05) is 72.8 Å². The summed E-state index contributed by atoms with van der Waals surface area (Å²) in [5.41, 5.74) is 3.16. The van der Waals surface area contributed by atoms with Gasteiger partial charge in [0.2, 0.25) is 11.8 Å². The summed E-state index contributed by atoms with van der Waals surface area (Å²) in [4.78, 5) is 28.4. The maximum Gasteiger partial charge on any atom is 0.243 e. The molecular formula is C29H34N2O3. The average Bonchev–Trinajstić information content (AvgIpc) is 2.86. The number of amides is 2. The van der Waals surface area contributed by atoms with E-state index in [1.54, 1.807) is 4.90 Å². The molecule has 34 heavy (non-hydrogen) atoms. The van der Waals surface area contributed by atoms with Crippen LogP contribution >= 0.6 is 0 Å². The Morgan fingerprint density at radius 1 is 0.912 bits per heavy atom. The van der Waals surface area contributed by atoms with Crippen LogP contribution in [0.3, 0.4) is 0 Å². The Labute approximate surface area is 202 Å². The first-order chi connectivity index (χ1) is 16.6. The van der Waals surface area contributed by atoms with Crippen LogP contribution in [0.4, 0.5) is 0 Å². The zero-order chi connectivity index (χ0) is 24.2. The molecule has 1 atom stereocenters. The number of likely N-dealkylation sites (N-methyl/N-ethyl adjacent to an activating group) is 1. The molecule has 0 aromatic heterocycles. The van der Waals surface area contributed by atoms with E-state index in [0.29, 0.717) is 39.0 Å². The van der Waals surface area contributed by atoms with Crippen molar-refractivity contribution in [2.75, 3.05) is 13.2 Å². The van der Waals surface area contributed by atoms with E-state index >= 15 is 0 Å². The molecule has 3 rings (SSSR count). The molecule has 0 saturated carbocycles. The molecule has 0 aliphatic heterocycles. The molecule has 1 N–H and O–H groups in total. The Bertz CT molecular complexity index is 1040. The minimum atomic E-state index is -0.593. The predicted octanol–water partition coefficient (Wildman–Crippen LogP) is 4.93. The van der Waals surface area contributed by atoms with Crippen molar-refractivity contribution in [1.29, 1.82) is 0 Å². The fraction of sp³-hybridized carbons (Fsp3) is 0.310. The molecule has 3 aromatic carbocycles. The molecular weight excluding hydrogens is 424 g/mol. The average molecular weight is 459 g/mol. The van der Waals surface area contributed by atoms with E-state index in [-0.39, 0.29) is 11.8 Å². The summed E-state index contributed by atoms with van der Waals surface area (Å²) in [6.07, 6.45) is 1.35. The second-order valence-electron chi connectivity index (χ2n) is 8.31. The van der Waals surface area contributed by atoms with Crippen molar-refractivity contribution in [2.45, 2.75) is 45.7 Å². The second-order valence-corrected chi connectivity index (χ2v) is 8.31. The molecule has 5 heteroatoms. The van der Waals surface area contributed by atoms with E-state index < -0.39 is 6.04 Å². The zero-order valence-corrected chi connectivity index (χ0v) is 20.1. The summed E-state index contributed by atoms with van der Waals surface area (Å²) in [6, 6.07) is 26.9. The van der Waals surface area contributed by atoms with Crippen LogP contribution in [0.2, 0.25) is 0 Å². The van der Waals surface area contributed by atoms with Crippen LogP contribution in [0.25, 0.3) is 0 Å². The number of benzene rings is 3. The van der Waals surface area contributed by atoms with Crippen molar-refractivity contribution < 1.29 is 14.3 Å². The molecule has 0 spiro atoms. The van der Waals surface area contributed by atoms with Crippen molar-refractivity contribution in [3.05, 3.63) is 102 Å². The lowest BCUT2D eigenvalue weighted by Crippen LogP contribution is -2.50. The number of hydrogen-bond acceptors (Lipinski definition) is 3. The number of ether oxygens (including phenoxy) is 1. The Kier molecular flexibility index (Phi) is 9.71. The molecule has 178 valence electrons. The van der Waals surface area contributed by atoms with Crippen molar-refractivity contribution in [2.24, 2.45) is 0 Å². The van der Waals surface area contributed by atoms with Crippen LogP contribution in [0.15, 0.2) is 84.9 Å². The smallest absolute Gasteiger partial charge is 0.243 e. The van der Waals surface area contributed by atoms with Crippen molar-refractivity contribution in [3.8, 4) is 5.75 Å². The zero-order valence-electron chi connectivity index (χ0n) is 20.1. The van der Waals surface area contributed by atoms with E-state index in [1.807, 2.05) is 98.8 Å². The lowest BCUT2D eigenvalue weighted by Gasteiger charge is -2.32. The molecule has 0 saturated heterocycles. The quantitative estimate of drug-likeness (QED) is 0.392. The summed E-state index contributed by atoms with van der Waals surface area (Å²) in [5, 5.41) is 2.93. The maximum absolute atomic E-state index is 13.5. The highest BCUT2D eigenvalue weighted by atomic mass is 16.5. The van der Waals surface area contributed by atoms with Gasteiger partial charge in [-0.15, -0.1) is 0 Å². The van der Waals surface area contributed by atoms with Gasteiger partial charge in [0.1, 0.15) is 11.8 Å².